The van der Waals surface area contributed by atoms with Crippen LogP contribution in [0.15, 0.2) is 30.3 Å². The minimum Gasteiger partial charge on any atom is -0.324 e. The van der Waals surface area contributed by atoms with Gasteiger partial charge in [-0.15, -0.1) is 0 Å². The van der Waals surface area contributed by atoms with Gasteiger partial charge in [-0.25, -0.2) is 0 Å². The molecule has 0 saturated carbocycles. The lowest BCUT2D eigenvalue weighted by Crippen LogP contribution is -2.09. The molecule has 0 aliphatic carbocycles. The molecule has 80 valence electrons. The van der Waals surface area contributed by atoms with Gasteiger partial charge in [-0.2, -0.15) is 0 Å². The largest absolute Gasteiger partial charge is 0.324 e. The SMILES string of the molecule is CC(N)c1ccccc1.CCNCC. The summed E-state index contributed by atoms with van der Waals surface area (Å²) in [6, 6.07) is 10.2. The monoisotopic (exact) mass is 194 g/mol. The zero-order chi connectivity index (χ0) is 10.8. The van der Waals surface area contributed by atoms with Crippen LogP contribution in [0.4, 0.5) is 0 Å². The van der Waals surface area contributed by atoms with Crippen LogP contribution >= 0.6 is 0 Å². The highest BCUT2D eigenvalue weighted by Crippen LogP contribution is 2.06. The first-order valence-corrected chi connectivity index (χ1v) is 5.23. The van der Waals surface area contributed by atoms with E-state index in [9.17, 15) is 0 Å². The third kappa shape index (κ3) is 6.63. The van der Waals surface area contributed by atoms with E-state index in [0.717, 1.165) is 13.1 Å². The molecule has 0 spiro atoms. The summed E-state index contributed by atoms with van der Waals surface area (Å²) in [5.41, 5.74) is 6.81. The van der Waals surface area contributed by atoms with E-state index in [1.165, 1.54) is 5.56 Å². The van der Waals surface area contributed by atoms with E-state index in [1.807, 2.05) is 37.3 Å². The van der Waals surface area contributed by atoms with Crippen molar-refractivity contribution in [3.8, 4) is 0 Å². The molecule has 1 unspecified atom stereocenters. The molecule has 0 amide bonds. The van der Waals surface area contributed by atoms with Gasteiger partial charge in [0.15, 0.2) is 0 Å². The molecule has 14 heavy (non-hydrogen) atoms. The van der Waals surface area contributed by atoms with Crippen molar-refractivity contribution < 1.29 is 0 Å². The lowest BCUT2D eigenvalue weighted by atomic mass is 10.1. The van der Waals surface area contributed by atoms with E-state index in [2.05, 4.69) is 19.2 Å². The Kier molecular flexibility index (Phi) is 8.19. The second-order valence-electron chi connectivity index (χ2n) is 3.16. The van der Waals surface area contributed by atoms with Gasteiger partial charge >= 0.3 is 0 Å². The fourth-order valence-electron chi connectivity index (χ4n) is 1.01. The van der Waals surface area contributed by atoms with Gasteiger partial charge < -0.3 is 11.1 Å². The lowest BCUT2D eigenvalue weighted by Gasteiger charge is -2.02. The van der Waals surface area contributed by atoms with E-state index in [0.29, 0.717) is 0 Å². The van der Waals surface area contributed by atoms with Crippen LogP contribution in [-0.2, 0) is 0 Å². The highest BCUT2D eigenvalue weighted by Gasteiger charge is 1.93. The minimum atomic E-state index is 0.159. The van der Waals surface area contributed by atoms with Crippen molar-refractivity contribution in [1.29, 1.82) is 0 Å². The summed E-state index contributed by atoms with van der Waals surface area (Å²) in [6.07, 6.45) is 0. The summed E-state index contributed by atoms with van der Waals surface area (Å²) in [7, 11) is 0. The molecular weight excluding hydrogens is 172 g/mol. The normalized spacial score (nSPS) is 11.4. The van der Waals surface area contributed by atoms with Gasteiger partial charge in [0.2, 0.25) is 0 Å². The molecule has 0 aliphatic heterocycles. The van der Waals surface area contributed by atoms with Crippen LogP contribution in [0, 0.1) is 0 Å². The molecule has 0 heterocycles. The van der Waals surface area contributed by atoms with Crippen LogP contribution in [0.3, 0.4) is 0 Å². The molecule has 0 saturated heterocycles. The van der Waals surface area contributed by atoms with E-state index in [4.69, 9.17) is 5.73 Å². The summed E-state index contributed by atoms with van der Waals surface area (Å²) in [5, 5.41) is 3.11. The molecule has 3 N–H and O–H groups in total. The molecule has 1 atom stereocenters. The Morgan fingerprint density at radius 1 is 1.14 bits per heavy atom. The maximum Gasteiger partial charge on any atom is 0.0266 e. The standard InChI is InChI=1S/C8H11N.C4H11N/c1-7(9)8-5-3-2-4-6-8;1-3-5-4-2/h2-7H,9H2,1H3;5H,3-4H2,1-2H3. The van der Waals surface area contributed by atoms with Crippen LogP contribution < -0.4 is 11.1 Å². The fourth-order valence-corrected chi connectivity index (χ4v) is 1.01. The second-order valence-corrected chi connectivity index (χ2v) is 3.16. The number of hydrogen-bond donors (Lipinski definition) is 2. The van der Waals surface area contributed by atoms with E-state index < -0.39 is 0 Å². The molecular formula is C12H22N2. The zero-order valence-corrected chi connectivity index (χ0v) is 9.46. The average molecular weight is 194 g/mol. The highest BCUT2D eigenvalue weighted by atomic mass is 14.8. The number of nitrogens with one attached hydrogen (secondary N) is 1. The first kappa shape index (κ1) is 13.1. The highest BCUT2D eigenvalue weighted by molar-refractivity contribution is 5.17. The van der Waals surface area contributed by atoms with Crippen molar-refractivity contribution in [1.82, 2.24) is 5.32 Å². The lowest BCUT2D eigenvalue weighted by molar-refractivity contribution is 0.762. The van der Waals surface area contributed by atoms with Crippen molar-refractivity contribution in [3.05, 3.63) is 35.9 Å². The number of rotatable bonds is 3. The number of nitrogens with two attached hydrogens (primary N) is 1. The van der Waals surface area contributed by atoms with Gasteiger partial charge in [0.25, 0.3) is 0 Å². The third-order valence-corrected chi connectivity index (χ3v) is 1.83. The van der Waals surface area contributed by atoms with Crippen molar-refractivity contribution in [2.45, 2.75) is 26.8 Å². The number of hydrogen-bond acceptors (Lipinski definition) is 2. The van der Waals surface area contributed by atoms with Crippen LogP contribution in [0.25, 0.3) is 0 Å². The Morgan fingerprint density at radius 3 is 1.86 bits per heavy atom. The molecule has 1 aromatic rings. The van der Waals surface area contributed by atoms with E-state index >= 15 is 0 Å². The van der Waals surface area contributed by atoms with E-state index in [-0.39, 0.29) is 6.04 Å². The smallest absolute Gasteiger partial charge is 0.0266 e. The predicted octanol–water partition coefficient (Wildman–Crippen LogP) is 2.32. The molecule has 0 bridgehead atoms. The Balaban J connectivity index is 0.000000292. The van der Waals surface area contributed by atoms with Gasteiger partial charge in [0.1, 0.15) is 0 Å². The van der Waals surface area contributed by atoms with Crippen LogP contribution in [0.5, 0.6) is 0 Å². The average Bonchev–Trinajstić information content (AvgIpc) is 2.21. The summed E-state index contributed by atoms with van der Waals surface area (Å²) in [4.78, 5) is 0. The molecule has 0 radical (unpaired) electrons. The van der Waals surface area contributed by atoms with Gasteiger partial charge in [-0.3, -0.25) is 0 Å². The van der Waals surface area contributed by atoms with Crippen molar-refractivity contribution in [2.75, 3.05) is 13.1 Å². The first-order valence-electron chi connectivity index (χ1n) is 5.23. The van der Waals surface area contributed by atoms with Gasteiger partial charge in [-0.1, -0.05) is 44.2 Å². The quantitative estimate of drug-likeness (QED) is 0.775. The molecule has 1 rings (SSSR count). The maximum atomic E-state index is 5.61. The maximum absolute atomic E-state index is 5.61. The molecule has 0 fully saturated rings. The Bertz CT molecular complexity index is 205. The Hall–Kier alpha value is -0.860. The van der Waals surface area contributed by atoms with Crippen molar-refractivity contribution in [3.63, 3.8) is 0 Å². The van der Waals surface area contributed by atoms with Crippen LogP contribution in [0.2, 0.25) is 0 Å². The summed E-state index contributed by atoms with van der Waals surface area (Å²) in [6.45, 7) is 8.37. The molecule has 0 aromatic heterocycles. The number of benzene rings is 1. The van der Waals surface area contributed by atoms with E-state index in [1.54, 1.807) is 0 Å². The van der Waals surface area contributed by atoms with Crippen molar-refractivity contribution >= 4 is 0 Å². The second kappa shape index (κ2) is 8.73. The topological polar surface area (TPSA) is 38.0 Å². The predicted molar refractivity (Wildman–Crippen MR) is 63.3 cm³/mol. The summed E-state index contributed by atoms with van der Waals surface area (Å²) in [5.74, 6) is 0. The Morgan fingerprint density at radius 2 is 1.64 bits per heavy atom. The van der Waals surface area contributed by atoms with Crippen LogP contribution in [0.1, 0.15) is 32.4 Å². The van der Waals surface area contributed by atoms with Crippen molar-refractivity contribution in [2.24, 2.45) is 5.73 Å². The zero-order valence-electron chi connectivity index (χ0n) is 9.46. The molecule has 2 nitrogen and oxygen atoms in total. The molecule has 1 aromatic carbocycles. The summed E-state index contributed by atoms with van der Waals surface area (Å²) >= 11 is 0. The van der Waals surface area contributed by atoms with Crippen LogP contribution in [-0.4, -0.2) is 13.1 Å². The molecule has 0 aliphatic rings. The minimum absolute atomic E-state index is 0.159. The first-order chi connectivity index (χ1) is 6.72. The summed E-state index contributed by atoms with van der Waals surface area (Å²) < 4.78 is 0. The fraction of sp³-hybridized carbons (Fsp3) is 0.500. The van der Waals surface area contributed by atoms with Gasteiger partial charge in [0, 0.05) is 6.04 Å². The van der Waals surface area contributed by atoms with Gasteiger partial charge in [0.05, 0.1) is 0 Å². The molecule has 2 heteroatoms. The Labute approximate surface area is 87.5 Å². The van der Waals surface area contributed by atoms with Gasteiger partial charge in [-0.05, 0) is 25.6 Å². The third-order valence-electron chi connectivity index (χ3n) is 1.83.